The van der Waals surface area contributed by atoms with Gasteiger partial charge in [0.2, 0.25) is 0 Å². The second kappa shape index (κ2) is 5.27. The van der Waals surface area contributed by atoms with Crippen molar-refractivity contribution in [1.29, 1.82) is 0 Å². The van der Waals surface area contributed by atoms with Gasteiger partial charge in [0.05, 0.1) is 26.4 Å². The molecular formula is C13H19NO3. The summed E-state index contributed by atoms with van der Waals surface area (Å²) in [5, 5.41) is 13.1. The Bertz CT molecular complexity index is 359. The molecule has 1 aromatic rings. The van der Waals surface area contributed by atoms with Crippen molar-refractivity contribution in [3.05, 3.63) is 18.2 Å². The van der Waals surface area contributed by atoms with E-state index in [4.69, 9.17) is 9.47 Å². The van der Waals surface area contributed by atoms with Gasteiger partial charge >= 0.3 is 0 Å². The first-order chi connectivity index (χ1) is 8.22. The molecule has 94 valence electrons. The number of aliphatic hydroxyl groups is 1. The Hall–Kier alpha value is -1.42. The Kier molecular flexibility index (Phi) is 3.74. The van der Waals surface area contributed by atoms with Crippen LogP contribution in [0.1, 0.15) is 19.3 Å². The molecule has 0 spiro atoms. The quantitative estimate of drug-likeness (QED) is 0.841. The summed E-state index contributed by atoms with van der Waals surface area (Å²) in [7, 11) is 3.26. The van der Waals surface area contributed by atoms with Crippen LogP contribution in [-0.2, 0) is 0 Å². The minimum absolute atomic E-state index is 0.131. The highest BCUT2D eigenvalue weighted by Gasteiger charge is 2.25. The van der Waals surface area contributed by atoms with Crippen LogP contribution in [-0.4, -0.2) is 31.5 Å². The van der Waals surface area contributed by atoms with E-state index in [1.54, 1.807) is 14.2 Å². The Morgan fingerprint density at radius 2 is 1.76 bits per heavy atom. The standard InChI is InChI=1S/C13H19NO3/c1-16-10-6-9(7-11(8-10)17-2)14-12-4-3-5-13(12)15/h6-8,12-15H,3-5H2,1-2H3. The fourth-order valence-electron chi connectivity index (χ4n) is 2.21. The molecule has 4 heteroatoms. The molecule has 1 aromatic carbocycles. The lowest BCUT2D eigenvalue weighted by molar-refractivity contribution is 0.172. The first-order valence-electron chi connectivity index (χ1n) is 5.90. The Labute approximate surface area is 102 Å². The van der Waals surface area contributed by atoms with Gasteiger partial charge in [0.1, 0.15) is 11.5 Å². The Morgan fingerprint density at radius 3 is 2.24 bits per heavy atom. The number of aliphatic hydroxyl groups excluding tert-OH is 1. The van der Waals surface area contributed by atoms with Crippen LogP contribution in [0.25, 0.3) is 0 Å². The summed E-state index contributed by atoms with van der Waals surface area (Å²) in [6, 6.07) is 5.78. The van der Waals surface area contributed by atoms with Crippen molar-refractivity contribution in [2.24, 2.45) is 0 Å². The SMILES string of the molecule is COc1cc(NC2CCCC2O)cc(OC)c1. The summed E-state index contributed by atoms with van der Waals surface area (Å²) in [6.45, 7) is 0. The molecule has 0 aromatic heterocycles. The fraction of sp³-hybridized carbons (Fsp3) is 0.538. The molecule has 17 heavy (non-hydrogen) atoms. The van der Waals surface area contributed by atoms with Crippen molar-refractivity contribution in [1.82, 2.24) is 0 Å². The van der Waals surface area contributed by atoms with Gasteiger partial charge < -0.3 is 19.9 Å². The van der Waals surface area contributed by atoms with Gasteiger partial charge in [-0.3, -0.25) is 0 Å². The summed E-state index contributed by atoms with van der Waals surface area (Å²) >= 11 is 0. The number of rotatable bonds is 4. The maximum atomic E-state index is 9.78. The van der Waals surface area contributed by atoms with Gasteiger partial charge in [-0.2, -0.15) is 0 Å². The molecule has 0 saturated heterocycles. The second-order valence-electron chi connectivity index (χ2n) is 4.35. The number of hydrogen-bond acceptors (Lipinski definition) is 4. The molecule has 2 atom stereocenters. The van der Waals surface area contributed by atoms with Gasteiger partial charge in [-0.1, -0.05) is 0 Å². The van der Waals surface area contributed by atoms with Gasteiger partial charge in [0.15, 0.2) is 0 Å². The third-order valence-corrected chi connectivity index (χ3v) is 3.18. The second-order valence-corrected chi connectivity index (χ2v) is 4.35. The zero-order valence-electron chi connectivity index (χ0n) is 10.3. The first kappa shape index (κ1) is 12.0. The first-order valence-corrected chi connectivity index (χ1v) is 5.90. The molecule has 0 bridgehead atoms. The zero-order chi connectivity index (χ0) is 12.3. The molecule has 1 saturated carbocycles. The number of hydrogen-bond donors (Lipinski definition) is 2. The molecule has 0 radical (unpaired) electrons. The van der Waals surface area contributed by atoms with E-state index in [2.05, 4.69) is 5.32 Å². The highest BCUT2D eigenvalue weighted by molar-refractivity contribution is 5.54. The highest BCUT2D eigenvalue weighted by atomic mass is 16.5. The van der Waals surface area contributed by atoms with Crippen molar-refractivity contribution in [3.63, 3.8) is 0 Å². The minimum atomic E-state index is -0.257. The summed E-state index contributed by atoms with van der Waals surface area (Å²) < 4.78 is 10.4. The summed E-state index contributed by atoms with van der Waals surface area (Å²) in [6.07, 6.45) is 2.69. The molecule has 1 aliphatic carbocycles. The predicted molar refractivity (Wildman–Crippen MR) is 66.8 cm³/mol. The number of ether oxygens (including phenoxy) is 2. The van der Waals surface area contributed by atoms with E-state index < -0.39 is 0 Å². The normalized spacial score (nSPS) is 23.5. The van der Waals surface area contributed by atoms with Crippen molar-refractivity contribution >= 4 is 5.69 Å². The van der Waals surface area contributed by atoms with Crippen LogP contribution in [0.5, 0.6) is 11.5 Å². The van der Waals surface area contributed by atoms with Gasteiger partial charge in [-0.15, -0.1) is 0 Å². The minimum Gasteiger partial charge on any atom is -0.497 e. The van der Waals surface area contributed by atoms with Crippen LogP contribution in [0, 0.1) is 0 Å². The van der Waals surface area contributed by atoms with E-state index in [0.717, 1.165) is 36.4 Å². The average molecular weight is 237 g/mol. The molecule has 0 heterocycles. The van der Waals surface area contributed by atoms with Gasteiger partial charge in [-0.25, -0.2) is 0 Å². The van der Waals surface area contributed by atoms with Gasteiger partial charge in [-0.05, 0) is 19.3 Å². The number of nitrogens with one attached hydrogen (secondary N) is 1. The van der Waals surface area contributed by atoms with Crippen molar-refractivity contribution in [3.8, 4) is 11.5 Å². The lowest BCUT2D eigenvalue weighted by atomic mass is 10.2. The summed E-state index contributed by atoms with van der Waals surface area (Å²) in [4.78, 5) is 0. The Balaban J connectivity index is 2.14. The zero-order valence-corrected chi connectivity index (χ0v) is 10.3. The topological polar surface area (TPSA) is 50.7 Å². The van der Waals surface area contributed by atoms with Crippen molar-refractivity contribution < 1.29 is 14.6 Å². The maximum Gasteiger partial charge on any atom is 0.124 e. The van der Waals surface area contributed by atoms with Gasteiger partial charge in [0.25, 0.3) is 0 Å². The van der Waals surface area contributed by atoms with Crippen LogP contribution in [0.15, 0.2) is 18.2 Å². The average Bonchev–Trinajstić information content (AvgIpc) is 2.74. The summed E-state index contributed by atoms with van der Waals surface area (Å²) in [5.41, 5.74) is 0.923. The Morgan fingerprint density at radius 1 is 1.12 bits per heavy atom. The van der Waals surface area contributed by atoms with Crippen molar-refractivity contribution in [2.45, 2.75) is 31.4 Å². The lowest BCUT2D eigenvalue weighted by Gasteiger charge is -2.18. The van der Waals surface area contributed by atoms with E-state index >= 15 is 0 Å². The molecule has 1 fully saturated rings. The van der Waals surface area contributed by atoms with Crippen LogP contribution < -0.4 is 14.8 Å². The van der Waals surface area contributed by atoms with Crippen LogP contribution in [0.2, 0.25) is 0 Å². The van der Waals surface area contributed by atoms with E-state index in [1.807, 2.05) is 18.2 Å². The van der Waals surface area contributed by atoms with E-state index in [-0.39, 0.29) is 12.1 Å². The largest absolute Gasteiger partial charge is 0.497 e. The molecule has 0 aliphatic heterocycles. The van der Waals surface area contributed by atoms with E-state index in [1.165, 1.54) is 0 Å². The highest BCUT2D eigenvalue weighted by Crippen LogP contribution is 2.29. The number of methoxy groups -OCH3 is 2. The lowest BCUT2D eigenvalue weighted by Crippen LogP contribution is -2.27. The third kappa shape index (κ3) is 2.82. The number of anilines is 1. The molecule has 4 nitrogen and oxygen atoms in total. The smallest absolute Gasteiger partial charge is 0.124 e. The van der Waals surface area contributed by atoms with E-state index in [9.17, 15) is 5.11 Å². The van der Waals surface area contributed by atoms with Gasteiger partial charge in [0, 0.05) is 23.9 Å². The molecule has 1 aliphatic rings. The van der Waals surface area contributed by atoms with Crippen LogP contribution in [0.4, 0.5) is 5.69 Å². The van der Waals surface area contributed by atoms with Crippen LogP contribution in [0.3, 0.4) is 0 Å². The van der Waals surface area contributed by atoms with Crippen molar-refractivity contribution in [2.75, 3.05) is 19.5 Å². The third-order valence-electron chi connectivity index (χ3n) is 3.18. The predicted octanol–water partition coefficient (Wildman–Crippen LogP) is 2.03. The summed E-state index contributed by atoms with van der Waals surface area (Å²) in [5.74, 6) is 1.50. The fourth-order valence-corrected chi connectivity index (χ4v) is 2.21. The molecule has 2 N–H and O–H groups in total. The van der Waals surface area contributed by atoms with Crippen LogP contribution >= 0.6 is 0 Å². The molecule has 0 amide bonds. The molecular weight excluding hydrogens is 218 g/mol. The molecule has 2 unspecified atom stereocenters. The molecule has 2 rings (SSSR count). The number of benzene rings is 1. The maximum absolute atomic E-state index is 9.78. The van der Waals surface area contributed by atoms with E-state index in [0.29, 0.717) is 0 Å². The monoisotopic (exact) mass is 237 g/mol.